The molecule has 6 heteroatoms. The molecule has 158 valence electrons. The van der Waals surface area contributed by atoms with Gasteiger partial charge in [0.1, 0.15) is 0 Å². The Balaban J connectivity index is 1.36. The van der Waals surface area contributed by atoms with Gasteiger partial charge in [0.05, 0.1) is 4.90 Å². The van der Waals surface area contributed by atoms with Crippen LogP contribution in [-0.2, 0) is 14.8 Å². The number of nitrogens with zero attached hydrogens (tertiary/aromatic N) is 1. The van der Waals surface area contributed by atoms with Crippen LogP contribution >= 0.6 is 0 Å². The maximum absolute atomic E-state index is 13.2. The van der Waals surface area contributed by atoms with E-state index in [1.807, 2.05) is 13.0 Å². The molecule has 0 unspecified atom stereocenters. The monoisotopic (exact) mass is 416 g/mol. The molecule has 1 amide bonds. The molecule has 4 bridgehead atoms. The quantitative estimate of drug-likeness (QED) is 0.801. The van der Waals surface area contributed by atoms with Crippen molar-refractivity contribution in [3.05, 3.63) is 23.8 Å². The van der Waals surface area contributed by atoms with Crippen molar-refractivity contribution in [2.75, 3.05) is 18.4 Å². The van der Waals surface area contributed by atoms with Crippen molar-refractivity contribution in [1.29, 1.82) is 0 Å². The molecule has 1 heterocycles. The van der Waals surface area contributed by atoms with E-state index in [9.17, 15) is 13.2 Å². The number of rotatable bonds is 4. The fourth-order valence-electron chi connectivity index (χ4n) is 6.72. The van der Waals surface area contributed by atoms with Crippen LogP contribution in [0.3, 0.4) is 0 Å². The normalized spacial score (nSPS) is 34.3. The van der Waals surface area contributed by atoms with Gasteiger partial charge in [0.15, 0.2) is 0 Å². The van der Waals surface area contributed by atoms with E-state index in [4.69, 9.17) is 0 Å². The predicted octanol–water partition coefficient (Wildman–Crippen LogP) is 4.18. The molecular weight excluding hydrogens is 384 g/mol. The number of benzene rings is 1. The van der Waals surface area contributed by atoms with Crippen molar-refractivity contribution in [2.24, 2.45) is 29.6 Å². The van der Waals surface area contributed by atoms with Gasteiger partial charge in [-0.2, -0.15) is 4.31 Å². The van der Waals surface area contributed by atoms with E-state index in [1.165, 1.54) is 32.1 Å². The van der Waals surface area contributed by atoms with Crippen molar-refractivity contribution in [3.8, 4) is 0 Å². The second-order valence-corrected chi connectivity index (χ2v) is 11.8. The van der Waals surface area contributed by atoms with E-state index in [2.05, 4.69) is 5.32 Å². The van der Waals surface area contributed by atoms with E-state index >= 15 is 0 Å². The van der Waals surface area contributed by atoms with Crippen LogP contribution in [-0.4, -0.2) is 31.7 Å². The minimum absolute atomic E-state index is 0.101. The van der Waals surface area contributed by atoms with Crippen LogP contribution in [0.25, 0.3) is 0 Å². The van der Waals surface area contributed by atoms with Crippen LogP contribution in [0.5, 0.6) is 0 Å². The number of hydrogen-bond acceptors (Lipinski definition) is 3. The highest BCUT2D eigenvalue weighted by molar-refractivity contribution is 7.89. The summed E-state index contributed by atoms with van der Waals surface area (Å²) in [5, 5.41) is 3.13. The van der Waals surface area contributed by atoms with Crippen LogP contribution in [0.2, 0.25) is 0 Å². The molecule has 1 aromatic rings. The highest BCUT2D eigenvalue weighted by Crippen LogP contribution is 2.56. The highest BCUT2D eigenvalue weighted by Gasteiger charge is 2.50. The van der Waals surface area contributed by atoms with Crippen molar-refractivity contribution >= 4 is 21.6 Å². The van der Waals surface area contributed by atoms with Gasteiger partial charge in [0.25, 0.3) is 0 Å². The molecule has 5 nitrogen and oxygen atoms in total. The lowest BCUT2D eigenvalue weighted by Gasteiger charge is -2.53. The van der Waals surface area contributed by atoms with Gasteiger partial charge in [-0.05, 0) is 93.2 Å². The summed E-state index contributed by atoms with van der Waals surface area (Å²) in [6.45, 7) is 3.11. The zero-order chi connectivity index (χ0) is 20.2. The minimum atomic E-state index is -3.50. The molecule has 29 heavy (non-hydrogen) atoms. The number of amides is 1. The van der Waals surface area contributed by atoms with E-state index < -0.39 is 10.0 Å². The van der Waals surface area contributed by atoms with Gasteiger partial charge in [-0.1, -0.05) is 12.5 Å². The summed E-state index contributed by atoms with van der Waals surface area (Å²) in [5.74, 6) is 2.92. The van der Waals surface area contributed by atoms with Crippen LogP contribution in [0.4, 0.5) is 5.69 Å². The minimum Gasteiger partial charge on any atom is -0.326 e. The number of piperidine rings is 1. The number of aryl methyl sites for hydroxylation is 1. The Bertz CT molecular complexity index is 877. The molecule has 0 aromatic heterocycles. The Morgan fingerprint density at radius 2 is 1.59 bits per heavy atom. The van der Waals surface area contributed by atoms with Gasteiger partial charge >= 0.3 is 0 Å². The second-order valence-electron chi connectivity index (χ2n) is 9.89. The lowest BCUT2D eigenvalue weighted by Crippen LogP contribution is -2.49. The molecule has 0 radical (unpaired) electrons. The van der Waals surface area contributed by atoms with Crippen LogP contribution < -0.4 is 5.32 Å². The average Bonchev–Trinajstić information content (AvgIpc) is 2.69. The SMILES string of the molecule is Cc1ccc(S(=O)(=O)N2CCCCC2)cc1NC(=O)C1C2CC3CC(C2)CC1C3. The summed E-state index contributed by atoms with van der Waals surface area (Å²) in [5.41, 5.74) is 1.57. The lowest BCUT2D eigenvalue weighted by molar-refractivity contribution is -0.132. The van der Waals surface area contributed by atoms with E-state index in [-0.39, 0.29) is 11.8 Å². The third kappa shape index (κ3) is 3.52. The molecule has 5 aliphatic rings. The summed E-state index contributed by atoms with van der Waals surface area (Å²) in [7, 11) is -3.50. The van der Waals surface area contributed by atoms with Crippen molar-refractivity contribution < 1.29 is 13.2 Å². The molecular formula is C23H32N2O3S. The second kappa shape index (κ2) is 7.38. The topological polar surface area (TPSA) is 66.5 Å². The molecule has 0 spiro atoms. The smallest absolute Gasteiger partial charge is 0.243 e. The lowest BCUT2D eigenvalue weighted by atomic mass is 9.51. The fraction of sp³-hybridized carbons (Fsp3) is 0.696. The first-order chi connectivity index (χ1) is 13.9. The van der Waals surface area contributed by atoms with Gasteiger partial charge in [-0.15, -0.1) is 0 Å². The molecule has 0 atom stereocenters. The largest absolute Gasteiger partial charge is 0.326 e. The predicted molar refractivity (Wildman–Crippen MR) is 113 cm³/mol. The molecule has 1 aromatic carbocycles. The molecule has 1 saturated heterocycles. The maximum Gasteiger partial charge on any atom is 0.243 e. The van der Waals surface area contributed by atoms with Crippen molar-refractivity contribution in [2.45, 2.75) is 63.2 Å². The molecule has 1 aliphatic heterocycles. The van der Waals surface area contributed by atoms with E-state index in [0.29, 0.717) is 35.5 Å². The molecule has 1 N–H and O–H groups in total. The highest BCUT2D eigenvalue weighted by atomic mass is 32.2. The van der Waals surface area contributed by atoms with Gasteiger partial charge in [0, 0.05) is 24.7 Å². The van der Waals surface area contributed by atoms with E-state index in [0.717, 1.165) is 36.7 Å². The molecule has 4 saturated carbocycles. The Kier molecular flexibility index (Phi) is 4.98. The van der Waals surface area contributed by atoms with Crippen LogP contribution in [0, 0.1) is 36.5 Å². The number of carbonyl (C=O) groups excluding carboxylic acids is 1. The maximum atomic E-state index is 13.2. The van der Waals surface area contributed by atoms with E-state index in [1.54, 1.807) is 16.4 Å². The Labute approximate surface area is 174 Å². The van der Waals surface area contributed by atoms with Crippen LogP contribution in [0.1, 0.15) is 56.9 Å². The first kappa shape index (κ1) is 19.6. The summed E-state index contributed by atoms with van der Waals surface area (Å²) in [6.07, 6.45) is 9.10. The number of nitrogens with one attached hydrogen (secondary N) is 1. The zero-order valence-corrected chi connectivity index (χ0v) is 18.1. The Morgan fingerprint density at radius 1 is 0.966 bits per heavy atom. The first-order valence-corrected chi connectivity index (χ1v) is 12.8. The summed E-state index contributed by atoms with van der Waals surface area (Å²) >= 11 is 0. The number of hydrogen-bond donors (Lipinski definition) is 1. The number of sulfonamides is 1. The summed E-state index contributed by atoms with van der Waals surface area (Å²) in [6, 6.07) is 5.17. The fourth-order valence-corrected chi connectivity index (χ4v) is 8.26. The molecule has 5 fully saturated rings. The van der Waals surface area contributed by atoms with Gasteiger partial charge in [0.2, 0.25) is 15.9 Å². The number of anilines is 1. The van der Waals surface area contributed by atoms with Crippen LogP contribution in [0.15, 0.2) is 23.1 Å². The Morgan fingerprint density at radius 3 is 2.21 bits per heavy atom. The van der Waals surface area contributed by atoms with Gasteiger partial charge in [-0.3, -0.25) is 4.79 Å². The molecule has 6 rings (SSSR count). The Hall–Kier alpha value is -1.40. The van der Waals surface area contributed by atoms with Gasteiger partial charge in [-0.25, -0.2) is 8.42 Å². The van der Waals surface area contributed by atoms with Crippen molar-refractivity contribution in [1.82, 2.24) is 4.31 Å². The summed E-state index contributed by atoms with van der Waals surface area (Å²) < 4.78 is 27.7. The third-order valence-corrected chi connectivity index (χ3v) is 9.84. The standard InChI is InChI=1S/C23H32N2O3S/c1-15-5-6-20(29(27,28)25-7-3-2-4-8-25)14-21(15)24-23(26)22-18-10-16-9-17(12-18)13-19(22)11-16/h5-6,14,16-19,22H,2-4,7-13H2,1H3,(H,24,26). The third-order valence-electron chi connectivity index (χ3n) is 7.95. The summed E-state index contributed by atoms with van der Waals surface area (Å²) in [4.78, 5) is 13.5. The molecule has 4 aliphatic carbocycles. The zero-order valence-electron chi connectivity index (χ0n) is 17.3. The van der Waals surface area contributed by atoms with Gasteiger partial charge < -0.3 is 5.32 Å². The first-order valence-electron chi connectivity index (χ1n) is 11.3. The number of carbonyl (C=O) groups is 1. The average molecular weight is 417 g/mol. The van der Waals surface area contributed by atoms with Crippen molar-refractivity contribution in [3.63, 3.8) is 0 Å².